The minimum absolute atomic E-state index is 0.822. The van der Waals surface area contributed by atoms with Crippen LogP contribution in [0.1, 0.15) is 6.92 Å². The lowest BCUT2D eigenvalue weighted by atomic mass is 9.95. The van der Waals surface area contributed by atoms with E-state index in [0.29, 0.717) is 0 Å². The van der Waals surface area contributed by atoms with Gasteiger partial charge in [-0.3, -0.25) is 0 Å². The highest BCUT2D eigenvalue weighted by Crippen LogP contribution is 2.34. The summed E-state index contributed by atoms with van der Waals surface area (Å²) in [7, 11) is 0. The Kier molecular flexibility index (Phi) is 12.3. The van der Waals surface area contributed by atoms with E-state index in [-0.39, 0.29) is 0 Å². The van der Waals surface area contributed by atoms with Crippen molar-refractivity contribution < 1.29 is 99.5 Å². The quantitative estimate of drug-likeness (QED) is 0.110. The number of aliphatic hydroxyl groups excluding tert-OH is 13. The molecule has 0 amide bonds. The summed E-state index contributed by atoms with van der Waals surface area (Å²) in [5, 5.41) is 133. The first kappa shape index (κ1) is 36.0. The Balaban J connectivity index is 1.57. The summed E-state index contributed by atoms with van der Waals surface area (Å²) in [6.07, 6.45) is -34.6. The standard InChI is InChI=1S/C24H42O20/c1-5-9(28)12(31)16(35)22(38-5)44-20-13(32)10(29)6(2-25)41-24(20)43-19-11(30)7(3-26)40-23(17(19)36)42-18-8(4-27)39-21(37)15(34)14(18)33/h5-37H,2-4H2,1H3/t5-,6+,7+,8+,9+,10-,11-,12+,13-,14+,15+,16-,17+,18+,19-,20+,21+,22-,23-,24+/m0/s1. The molecule has 20 heteroatoms. The molecule has 4 fully saturated rings. The Morgan fingerprint density at radius 1 is 0.409 bits per heavy atom. The second-order valence-corrected chi connectivity index (χ2v) is 11.1. The lowest BCUT2D eigenvalue weighted by molar-refractivity contribution is -0.395. The van der Waals surface area contributed by atoms with Crippen molar-refractivity contribution >= 4 is 0 Å². The Morgan fingerprint density at radius 3 is 1.52 bits per heavy atom. The summed E-state index contributed by atoms with van der Waals surface area (Å²) in [5.74, 6) is 0. The summed E-state index contributed by atoms with van der Waals surface area (Å²) in [6.45, 7) is -1.20. The molecule has 4 rings (SSSR count). The van der Waals surface area contributed by atoms with Crippen LogP contribution < -0.4 is 0 Å². The maximum absolute atomic E-state index is 11.1. The predicted octanol–water partition coefficient (Wildman–Crippen LogP) is -8.72. The van der Waals surface area contributed by atoms with Gasteiger partial charge in [0.1, 0.15) is 91.6 Å². The molecule has 258 valence electrons. The largest absolute Gasteiger partial charge is 0.394 e. The summed E-state index contributed by atoms with van der Waals surface area (Å²) in [4.78, 5) is 0. The first-order valence-corrected chi connectivity index (χ1v) is 14.0. The molecule has 13 N–H and O–H groups in total. The van der Waals surface area contributed by atoms with Gasteiger partial charge in [-0.2, -0.15) is 0 Å². The van der Waals surface area contributed by atoms with Gasteiger partial charge < -0.3 is 99.5 Å². The first-order chi connectivity index (χ1) is 20.7. The van der Waals surface area contributed by atoms with E-state index in [0.717, 1.165) is 0 Å². The molecule has 0 saturated carbocycles. The van der Waals surface area contributed by atoms with Gasteiger partial charge in [0.15, 0.2) is 25.2 Å². The van der Waals surface area contributed by atoms with E-state index in [1.807, 2.05) is 0 Å². The topological polar surface area (TPSA) is 328 Å². The number of hydrogen-bond acceptors (Lipinski definition) is 20. The van der Waals surface area contributed by atoms with Crippen molar-refractivity contribution in [1.82, 2.24) is 0 Å². The Morgan fingerprint density at radius 2 is 0.909 bits per heavy atom. The van der Waals surface area contributed by atoms with Gasteiger partial charge in [-0.15, -0.1) is 0 Å². The summed E-state index contributed by atoms with van der Waals surface area (Å²) in [5.41, 5.74) is 0. The van der Waals surface area contributed by atoms with Crippen molar-refractivity contribution in [2.75, 3.05) is 19.8 Å². The van der Waals surface area contributed by atoms with Crippen LogP contribution in [0.3, 0.4) is 0 Å². The number of rotatable bonds is 9. The molecule has 4 aliphatic heterocycles. The fourth-order valence-corrected chi connectivity index (χ4v) is 5.46. The van der Waals surface area contributed by atoms with Gasteiger partial charge in [-0.25, -0.2) is 0 Å². The van der Waals surface area contributed by atoms with E-state index in [4.69, 9.17) is 33.2 Å². The molecule has 0 radical (unpaired) electrons. The van der Waals surface area contributed by atoms with Gasteiger partial charge in [0.2, 0.25) is 0 Å². The van der Waals surface area contributed by atoms with Gasteiger partial charge >= 0.3 is 0 Å². The number of aliphatic hydroxyl groups is 13. The molecule has 0 spiro atoms. The van der Waals surface area contributed by atoms with E-state index < -0.39 is 143 Å². The molecular formula is C24H42O20. The third kappa shape index (κ3) is 7.05. The van der Waals surface area contributed by atoms with E-state index in [9.17, 15) is 66.4 Å². The smallest absolute Gasteiger partial charge is 0.187 e. The predicted molar refractivity (Wildman–Crippen MR) is 132 cm³/mol. The second kappa shape index (κ2) is 15.0. The van der Waals surface area contributed by atoms with Crippen LogP contribution in [-0.4, -0.2) is 209 Å². The third-order valence-electron chi connectivity index (χ3n) is 8.17. The second-order valence-electron chi connectivity index (χ2n) is 11.1. The molecule has 0 bridgehead atoms. The van der Waals surface area contributed by atoms with Crippen LogP contribution >= 0.6 is 0 Å². The Bertz CT molecular complexity index is 900. The molecule has 0 unspecified atom stereocenters. The van der Waals surface area contributed by atoms with Gasteiger partial charge in [0, 0.05) is 0 Å². The summed E-state index contributed by atoms with van der Waals surface area (Å²) < 4.78 is 38.3. The maximum Gasteiger partial charge on any atom is 0.187 e. The van der Waals surface area contributed by atoms with Crippen molar-refractivity contribution in [3.63, 3.8) is 0 Å². The minimum atomic E-state index is -2.02. The molecule has 4 saturated heterocycles. The highest BCUT2D eigenvalue weighted by Gasteiger charge is 2.55. The molecule has 4 aliphatic rings. The van der Waals surface area contributed by atoms with Crippen LogP contribution in [0.15, 0.2) is 0 Å². The normalized spacial score (nSPS) is 53.9. The van der Waals surface area contributed by atoms with E-state index in [1.54, 1.807) is 0 Å². The fourth-order valence-electron chi connectivity index (χ4n) is 5.46. The van der Waals surface area contributed by atoms with Crippen LogP contribution in [0.2, 0.25) is 0 Å². The molecule has 20 atom stereocenters. The van der Waals surface area contributed by atoms with Gasteiger partial charge in [0.05, 0.1) is 25.9 Å². The molecule has 20 nitrogen and oxygen atoms in total. The average molecular weight is 651 g/mol. The van der Waals surface area contributed by atoms with Crippen LogP contribution in [-0.2, 0) is 33.2 Å². The van der Waals surface area contributed by atoms with Crippen LogP contribution in [0.25, 0.3) is 0 Å². The fraction of sp³-hybridized carbons (Fsp3) is 1.00. The van der Waals surface area contributed by atoms with Crippen molar-refractivity contribution in [3.8, 4) is 0 Å². The van der Waals surface area contributed by atoms with E-state index >= 15 is 0 Å². The van der Waals surface area contributed by atoms with Gasteiger partial charge in [-0.05, 0) is 6.92 Å². The van der Waals surface area contributed by atoms with Crippen molar-refractivity contribution in [3.05, 3.63) is 0 Å². The lowest BCUT2D eigenvalue weighted by Gasteiger charge is -2.49. The molecular weight excluding hydrogens is 608 g/mol. The molecule has 0 aromatic rings. The van der Waals surface area contributed by atoms with Crippen LogP contribution in [0, 0.1) is 0 Å². The minimum Gasteiger partial charge on any atom is -0.394 e. The molecule has 44 heavy (non-hydrogen) atoms. The average Bonchev–Trinajstić information content (AvgIpc) is 3.00. The molecule has 0 aromatic carbocycles. The number of ether oxygens (including phenoxy) is 7. The maximum atomic E-state index is 11.1. The van der Waals surface area contributed by atoms with Crippen molar-refractivity contribution in [2.45, 2.75) is 130 Å². The Hall–Kier alpha value is -0.800. The zero-order valence-electron chi connectivity index (χ0n) is 23.3. The van der Waals surface area contributed by atoms with Gasteiger partial charge in [0.25, 0.3) is 0 Å². The molecule has 0 aromatic heterocycles. The third-order valence-corrected chi connectivity index (χ3v) is 8.17. The summed E-state index contributed by atoms with van der Waals surface area (Å²) in [6, 6.07) is 0. The highest BCUT2D eigenvalue weighted by atomic mass is 16.8. The first-order valence-electron chi connectivity index (χ1n) is 14.0. The van der Waals surface area contributed by atoms with Crippen LogP contribution in [0.4, 0.5) is 0 Å². The molecule has 4 heterocycles. The Labute approximate surface area is 249 Å². The van der Waals surface area contributed by atoms with Crippen LogP contribution in [0.5, 0.6) is 0 Å². The summed E-state index contributed by atoms with van der Waals surface area (Å²) >= 11 is 0. The highest BCUT2D eigenvalue weighted by molar-refractivity contribution is 4.97. The van der Waals surface area contributed by atoms with Crippen molar-refractivity contribution in [2.24, 2.45) is 0 Å². The molecule has 0 aliphatic carbocycles. The van der Waals surface area contributed by atoms with Crippen molar-refractivity contribution in [1.29, 1.82) is 0 Å². The lowest BCUT2D eigenvalue weighted by Crippen LogP contribution is -2.67. The number of hydrogen-bond donors (Lipinski definition) is 13. The van der Waals surface area contributed by atoms with E-state index in [1.165, 1.54) is 6.92 Å². The SMILES string of the molecule is C[C@@H]1O[C@@H](O[C@H]2[C@@H](O[C@H]3[C@@H](O)[C@@H](CO)O[C@@H](O[C@H]4[C@H](O)[C@@H](O)[C@H](O)O[C@@H]4CO)[C@@H]3O)O[C@H](CO)[C@H](O)[C@@H]2O)[C@@H](O)[C@H](O)[C@@H]1O. The zero-order chi connectivity index (χ0) is 32.6. The van der Waals surface area contributed by atoms with Gasteiger partial charge in [-0.1, -0.05) is 0 Å². The zero-order valence-corrected chi connectivity index (χ0v) is 23.3. The monoisotopic (exact) mass is 650 g/mol. The van der Waals surface area contributed by atoms with E-state index in [2.05, 4.69) is 0 Å².